The number of anilines is 1. The average Bonchev–Trinajstić information content (AvgIpc) is 2.86. The molecule has 2 aromatic carbocycles. The number of carbonyl (C=O) groups excluding carboxylic acids is 3. The molecule has 1 aliphatic heterocycles. The van der Waals surface area contributed by atoms with Gasteiger partial charge in [0.25, 0.3) is 17.5 Å². The van der Waals surface area contributed by atoms with E-state index in [1.807, 2.05) is 0 Å². The van der Waals surface area contributed by atoms with Crippen LogP contribution in [0.15, 0.2) is 48.5 Å². The molecule has 6 nitrogen and oxygen atoms in total. The predicted octanol–water partition coefficient (Wildman–Crippen LogP) is 3.22. The van der Waals surface area contributed by atoms with E-state index in [9.17, 15) is 31.9 Å². The summed E-state index contributed by atoms with van der Waals surface area (Å²) in [5.74, 6) is -4.31. The molecular weight excluding hydrogens is 406 g/mol. The van der Waals surface area contributed by atoms with Gasteiger partial charge in [0.05, 0.1) is 5.69 Å². The van der Waals surface area contributed by atoms with Crippen LogP contribution in [-0.4, -0.2) is 29.7 Å². The minimum Gasteiger partial charge on any atom is -0.314 e. The van der Waals surface area contributed by atoms with Gasteiger partial charge in [-0.1, -0.05) is 29.8 Å². The number of urea groups is 1. The van der Waals surface area contributed by atoms with Gasteiger partial charge in [0, 0.05) is 10.6 Å². The summed E-state index contributed by atoms with van der Waals surface area (Å²) >= 11 is 5.71. The van der Waals surface area contributed by atoms with Crippen LogP contribution in [0, 0.1) is 5.82 Å². The molecule has 0 radical (unpaired) electrons. The molecule has 1 atom stereocenters. The smallest absolute Gasteiger partial charge is 0.314 e. The average molecular weight is 416 g/mol. The Kier molecular flexibility index (Phi) is 4.76. The van der Waals surface area contributed by atoms with Gasteiger partial charge in [0.1, 0.15) is 5.82 Å². The number of hydrogen-bond acceptors (Lipinski definition) is 3. The Morgan fingerprint density at radius 1 is 1.11 bits per heavy atom. The second kappa shape index (κ2) is 6.79. The summed E-state index contributed by atoms with van der Waals surface area (Å²) in [6.45, 7) is 0. The standard InChI is InChI=1S/C17H10ClF4N3O3/c18-10-5-3-4-9(8-10)13(26)23-16(17(20,21)22)14(27)25(15(28)24-16)12-7-2-1-6-11(12)19/h1-8H,(H,23,26)(H,24,28). The highest BCUT2D eigenvalue weighted by atomic mass is 35.5. The number of alkyl halides is 3. The summed E-state index contributed by atoms with van der Waals surface area (Å²) in [6, 6.07) is 7.70. The third-order valence-corrected chi connectivity index (χ3v) is 4.16. The molecule has 2 aromatic rings. The van der Waals surface area contributed by atoms with Crippen LogP contribution >= 0.6 is 11.6 Å². The lowest BCUT2D eigenvalue weighted by molar-refractivity contribution is -0.197. The highest BCUT2D eigenvalue weighted by Gasteiger charge is 2.69. The van der Waals surface area contributed by atoms with Crippen LogP contribution < -0.4 is 15.5 Å². The number of amides is 4. The lowest BCUT2D eigenvalue weighted by Crippen LogP contribution is -2.69. The first kappa shape index (κ1) is 19.6. The summed E-state index contributed by atoms with van der Waals surface area (Å²) in [5, 5.41) is 3.01. The van der Waals surface area contributed by atoms with E-state index in [-0.39, 0.29) is 15.5 Å². The Morgan fingerprint density at radius 2 is 1.79 bits per heavy atom. The molecule has 1 heterocycles. The third-order valence-electron chi connectivity index (χ3n) is 3.93. The van der Waals surface area contributed by atoms with Crippen molar-refractivity contribution in [1.29, 1.82) is 0 Å². The molecule has 11 heteroatoms. The first-order valence-corrected chi connectivity index (χ1v) is 8.00. The van der Waals surface area contributed by atoms with Gasteiger partial charge < -0.3 is 5.32 Å². The lowest BCUT2D eigenvalue weighted by atomic mass is 10.1. The first-order chi connectivity index (χ1) is 13.1. The normalized spacial score (nSPS) is 19.5. The summed E-state index contributed by atoms with van der Waals surface area (Å²) in [7, 11) is 0. The molecule has 146 valence electrons. The fourth-order valence-corrected chi connectivity index (χ4v) is 2.79. The van der Waals surface area contributed by atoms with Gasteiger partial charge in [-0.3, -0.25) is 14.9 Å². The van der Waals surface area contributed by atoms with Gasteiger partial charge in [-0.2, -0.15) is 13.2 Å². The van der Waals surface area contributed by atoms with Gasteiger partial charge in [0.15, 0.2) is 0 Å². The van der Waals surface area contributed by atoms with Crippen molar-refractivity contribution in [3.63, 3.8) is 0 Å². The predicted molar refractivity (Wildman–Crippen MR) is 90.1 cm³/mol. The number of halogens is 5. The maximum atomic E-state index is 14.0. The zero-order valence-electron chi connectivity index (χ0n) is 13.7. The Labute approximate surface area is 160 Å². The fourth-order valence-electron chi connectivity index (χ4n) is 2.60. The van der Waals surface area contributed by atoms with E-state index in [2.05, 4.69) is 0 Å². The number of nitrogens with zero attached hydrogens (tertiary/aromatic N) is 1. The quantitative estimate of drug-likeness (QED) is 0.597. The monoisotopic (exact) mass is 415 g/mol. The van der Waals surface area contributed by atoms with E-state index in [0.717, 1.165) is 18.2 Å². The van der Waals surface area contributed by atoms with Crippen molar-refractivity contribution in [2.24, 2.45) is 0 Å². The van der Waals surface area contributed by atoms with E-state index in [4.69, 9.17) is 11.6 Å². The zero-order chi connectivity index (χ0) is 20.7. The molecule has 0 spiro atoms. The molecular formula is C17H10ClF4N3O3. The van der Waals surface area contributed by atoms with E-state index < -0.39 is 41.2 Å². The molecule has 0 aromatic heterocycles. The maximum Gasteiger partial charge on any atom is 0.440 e. The highest BCUT2D eigenvalue weighted by Crippen LogP contribution is 2.36. The van der Waals surface area contributed by atoms with Crippen molar-refractivity contribution in [3.8, 4) is 0 Å². The van der Waals surface area contributed by atoms with Crippen molar-refractivity contribution in [2.45, 2.75) is 11.8 Å². The van der Waals surface area contributed by atoms with Crippen molar-refractivity contribution in [2.75, 3.05) is 4.90 Å². The zero-order valence-corrected chi connectivity index (χ0v) is 14.4. The van der Waals surface area contributed by atoms with Gasteiger partial charge >= 0.3 is 12.2 Å². The fraction of sp³-hybridized carbons (Fsp3) is 0.118. The Balaban J connectivity index is 2.03. The number of rotatable bonds is 3. The Hall–Kier alpha value is -3.14. The minimum absolute atomic E-state index is 0.0128. The molecule has 0 aliphatic carbocycles. The number of imide groups is 1. The SMILES string of the molecule is O=C(NC1(C(F)(F)F)NC(=O)N(c2ccccc2F)C1=O)c1cccc(Cl)c1. The Morgan fingerprint density at radius 3 is 2.39 bits per heavy atom. The lowest BCUT2D eigenvalue weighted by Gasteiger charge is -2.29. The number of para-hydroxylation sites is 1. The van der Waals surface area contributed by atoms with Crippen LogP contribution in [0.2, 0.25) is 5.02 Å². The molecule has 0 saturated carbocycles. The summed E-state index contributed by atoms with van der Waals surface area (Å²) in [5.41, 5.74) is -4.73. The Bertz CT molecular complexity index is 982. The molecule has 1 unspecified atom stereocenters. The second-order valence-electron chi connectivity index (χ2n) is 5.73. The van der Waals surface area contributed by atoms with E-state index in [1.165, 1.54) is 41.0 Å². The topological polar surface area (TPSA) is 78.5 Å². The summed E-state index contributed by atoms with van der Waals surface area (Å²) in [4.78, 5) is 37.0. The molecule has 0 bridgehead atoms. The van der Waals surface area contributed by atoms with Crippen molar-refractivity contribution >= 4 is 35.1 Å². The summed E-state index contributed by atoms with van der Waals surface area (Å²) in [6.07, 6.45) is -5.42. The third kappa shape index (κ3) is 3.15. The van der Waals surface area contributed by atoms with Crippen molar-refractivity contribution < 1.29 is 31.9 Å². The molecule has 1 fully saturated rings. The van der Waals surface area contributed by atoms with Gasteiger partial charge in [0.2, 0.25) is 0 Å². The highest BCUT2D eigenvalue weighted by molar-refractivity contribution is 6.31. The van der Waals surface area contributed by atoms with Crippen LogP contribution in [0.3, 0.4) is 0 Å². The van der Waals surface area contributed by atoms with Crippen LogP contribution in [0.5, 0.6) is 0 Å². The molecule has 1 aliphatic rings. The van der Waals surface area contributed by atoms with Crippen molar-refractivity contribution in [3.05, 3.63) is 64.9 Å². The van der Waals surface area contributed by atoms with E-state index in [0.29, 0.717) is 0 Å². The van der Waals surface area contributed by atoms with Gasteiger partial charge in [-0.15, -0.1) is 0 Å². The molecule has 1 saturated heterocycles. The summed E-state index contributed by atoms with van der Waals surface area (Å²) < 4.78 is 55.3. The van der Waals surface area contributed by atoms with Gasteiger partial charge in [-0.25, -0.2) is 14.1 Å². The maximum absolute atomic E-state index is 14.0. The largest absolute Gasteiger partial charge is 0.440 e. The second-order valence-corrected chi connectivity index (χ2v) is 6.17. The van der Waals surface area contributed by atoms with Crippen molar-refractivity contribution in [1.82, 2.24) is 10.6 Å². The van der Waals surface area contributed by atoms with Crippen LogP contribution in [-0.2, 0) is 4.79 Å². The van der Waals surface area contributed by atoms with E-state index in [1.54, 1.807) is 0 Å². The molecule has 4 amide bonds. The van der Waals surface area contributed by atoms with Crippen LogP contribution in [0.1, 0.15) is 10.4 Å². The number of benzene rings is 2. The van der Waals surface area contributed by atoms with E-state index >= 15 is 0 Å². The molecule has 2 N–H and O–H groups in total. The molecule has 3 rings (SSSR count). The van der Waals surface area contributed by atoms with Gasteiger partial charge in [-0.05, 0) is 30.3 Å². The van der Waals surface area contributed by atoms with Crippen LogP contribution in [0.4, 0.5) is 28.0 Å². The number of carbonyl (C=O) groups is 3. The number of nitrogens with one attached hydrogen (secondary N) is 2. The minimum atomic E-state index is -5.42. The number of hydrogen-bond donors (Lipinski definition) is 2. The molecule has 28 heavy (non-hydrogen) atoms. The van der Waals surface area contributed by atoms with Crippen LogP contribution in [0.25, 0.3) is 0 Å². The first-order valence-electron chi connectivity index (χ1n) is 7.63.